The number of nitro groups is 1. The second kappa shape index (κ2) is 7.74. The zero-order valence-corrected chi connectivity index (χ0v) is 12.0. The van der Waals surface area contributed by atoms with Gasteiger partial charge in [0.25, 0.3) is 5.69 Å². The van der Waals surface area contributed by atoms with Gasteiger partial charge >= 0.3 is 0 Å². The number of rotatable bonds is 8. The van der Waals surface area contributed by atoms with Gasteiger partial charge in [-0.2, -0.15) is 0 Å². The topological polar surface area (TPSA) is 58.4 Å². The summed E-state index contributed by atoms with van der Waals surface area (Å²) >= 11 is 0. The normalized spacial score (nSPS) is 10.7. The first-order valence-electron chi connectivity index (χ1n) is 6.79. The molecule has 0 amide bonds. The molecule has 0 unspecified atom stereocenters. The number of nitrogens with one attached hydrogen (secondary N) is 1. The fourth-order valence-electron chi connectivity index (χ4n) is 2.01. The Morgan fingerprint density at radius 2 is 2.00 bits per heavy atom. The summed E-state index contributed by atoms with van der Waals surface area (Å²) in [6.07, 6.45) is 0.979. The van der Waals surface area contributed by atoms with Crippen molar-refractivity contribution >= 4 is 11.4 Å². The molecule has 1 aromatic carbocycles. The van der Waals surface area contributed by atoms with Crippen LogP contribution < -0.4 is 5.32 Å². The van der Waals surface area contributed by atoms with Crippen LogP contribution in [-0.4, -0.2) is 36.0 Å². The smallest absolute Gasteiger partial charge is 0.292 e. The summed E-state index contributed by atoms with van der Waals surface area (Å²) in [5.74, 6) is 0. The Bertz CT molecular complexity index is 417. The van der Waals surface area contributed by atoms with Crippen LogP contribution in [0.25, 0.3) is 0 Å². The summed E-state index contributed by atoms with van der Waals surface area (Å²) in [5, 5.41) is 14.1. The Kier molecular flexibility index (Phi) is 6.29. The first kappa shape index (κ1) is 15.4. The van der Waals surface area contributed by atoms with E-state index in [0.29, 0.717) is 5.69 Å². The summed E-state index contributed by atoms with van der Waals surface area (Å²) in [6, 6.07) is 5.28. The number of hydrogen-bond acceptors (Lipinski definition) is 4. The van der Waals surface area contributed by atoms with Crippen molar-refractivity contribution in [3.8, 4) is 0 Å². The van der Waals surface area contributed by atoms with Gasteiger partial charge in [-0.25, -0.2) is 0 Å². The minimum Gasteiger partial charge on any atom is -0.379 e. The number of benzene rings is 1. The van der Waals surface area contributed by atoms with Gasteiger partial charge in [0, 0.05) is 12.6 Å². The van der Waals surface area contributed by atoms with Crippen LogP contribution in [0.15, 0.2) is 18.2 Å². The number of aryl methyl sites for hydroxylation is 1. The van der Waals surface area contributed by atoms with E-state index >= 15 is 0 Å². The van der Waals surface area contributed by atoms with Gasteiger partial charge in [-0.15, -0.1) is 0 Å². The second-order valence-corrected chi connectivity index (χ2v) is 4.58. The van der Waals surface area contributed by atoms with E-state index in [2.05, 4.69) is 24.1 Å². The molecule has 1 rings (SSSR count). The molecule has 1 aromatic rings. The van der Waals surface area contributed by atoms with Gasteiger partial charge in [0.15, 0.2) is 0 Å². The highest BCUT2D eigenvalue weighted by molar-refractivity contribution is 5.62. The van der Waals surface area contributed by atoms with Gasteiger partial charge in [0.05, 0.1) is 4.92 Å². The average molecular weight is 265 g/mol. The molecule has 0 aliphatic rings. The van der Waals surface area contributed by atoms with Crippen molar-refractivity contribution in [2.24, 2.45) is 0 Å². The molecule has 0 aliphatic carbocycles. The maximum Gasteiger partial charge on any atom is 0.292 e. The Morgan fingerprint density at radius 3 is 2.58 bits per heavy atom. The predicted octanol–water partition coefficient (Wildman–Crippen LogP) is 3.05. The van der Waals surface area contributed by atoms with Crippen molar-refractivity contribution in [2.75, 3.05) is 31.5 Å². The minimum absolute atomic E-state index is 0.155. The maximum atomic E-state index is 11.0. The Hall–Kier alpha value is -1.62. The van der Waals surface area contributed by atoms with E-state index in [-0.39, 0.29) is 10.6 Å². The fraction of sp³-hybridized carbons (Fsp3) is 0.571. The van der Waals surface area contributed by atoms with Gasteiger partial charge in [-0.05, 0) is 44.6 Å². The number of hydrogen-bond donors (Lipinski definition) is 1. The third-order valence-corrected chi connectivity index (χ3v) is 3.21. The van der Waals surface area contributed by atoms with Crippen LogP contribution in [0.3, 0.4) is 0 Å². The average Bonchev–Trinajstić information content (AvgIpc) is 2.40. The van der Waals surface area contributed by atoms with Crippen LogP contribution in [0.2, 0.25) is 0 Å². The Balaban J connectivity index is 2.51. The third-order valence-electron chi connectivity index (χ3n) is 3.21. The molecule has 0 radical (unpaired) electrons. The molecular weight excluding hydrogens is 242 g/mol. The molecule has 106 valence electrons. The third kappa shape index (κ3) is 4.87. The van der Waals surface area contributed by atoms with E-state index in [0.717, 1.165) is 38.2 Å². The van der Waals surface area contributed by atoms with Gasteiger partial charge in [-0.3, -0.25) is 10.1 Å². The zero-order chi connectivity index (χ0) is 14.3. The van der Waals surface area contributed by atoms with Crippen LogP contribution in [0.4, 0.5) is 11.4 Å². The maximum absolute atomic E-state index is 11.0. The molecule has 1 N–H and O–H groups in total. The number of nitrogens with zero attached hydrogens (tertiary/aromatic N) is 2. The first-order chi connectivity index (χ1) is 9.08. The largest absolute Gasteiger partial charge is 0.379 e. The summed E-state index contributed by atoms with van der Waals surface area (Å²) < 4.78 is 0. The summed E-state index contributed by atoms with van der Waals surface area (Å²) in [7, 11) is 0. The second-order valence-electron chi connectivity index (χ2n) is 4.58. The lowest BCUT2D eigenvalue weighted by atomic mass is 10.2. The van der Waals surface area contributed by atoms with Gasteiger partial charge in [-0.1, -0.05) is 19.9 Å². The molecule has 19 heavy (non-hydrogen) atoms. The van der Waals surface area contributed by atoms with Gasteiger partial charge in [0.2, 0.25) is 0 Å². The quantitative estimate of drug-likeness (QED) is 0.446. The molecule has 0 fully saturated rings. The molecule has 0 aromatic heterocycles. The van der Waals surface area contributed by atoms with Crippen molar-refractivity contribution in [3.63, 3.8) is 0 Å². The van der Waals surface area contributed by atoms with Crippen LogP contribution in [0, 0.1) is 17.0 Å². The van der Waals surface area contributed by atoms with E-state index in [1.807, 2.05) is 13.0 Å². The van der Waals surface area contributed by atoms with Gasteiger partial charge in [0.1, 0.15) is 5.69 Å². The molecule has 0 spiro atoms. The van der Waals surface area contributed by atoms with E-state index in [9.17, 15) is 10.1 Å². The lowest BCUT2D eigenvalue weighted by Gasteiger charge is -2.17. The highest BCUT2D eigenvalue weighted by atomic mass is 16.6. The van der Waals surface area contributed by atoms with Crippen molar-refractivity contribution in [1.82, 2.24) is 4.90 Å². The van der Waals surface area contributed by atoms with Crippen LogP contribution >= 0.6 is 0 Å². The molecular formula is C14H23N3O2. The number of anilines is 1. The van der Waals surface area contributed by atoms with E-state index in [1.165, 1.54) is 0 Å². The Morgan fingerprint density at radius 1 is 1.32 bits per heavy atom. The van der Waals surface area contributed by atoms with Crippen LogP contribution in [0.1, 0.15) is 25.8 Å². The van der Waals surface area contributed by atoms with Crippen LogP contribution in [0.5, 0.6) is 0 Å². The summed E-state index contributed by atoms with van der Waals surface area (Å²) in [4.78, 5) is 13.0. The summed E-state index contributed by atoms with van der Waals surface area (Å²) in [5.41, 5.74) is 1.67. The van der Waals surface area contributed by atoms with Crippen LogP contribution in [-0.2, 0) is 0 Å². The lowest BCUT2D eigenvalue weighted by molar-refractivity contribution is -0.384. The highest BCUT2D eigenvalue weighted by Gasteiger charge is 2.12. The highest BCUT2D eigenvalue weighted by Crippen LogP contribution is 2.25. The number of nitro benzene ring substituents is 1. The van der Waals surface area contributed by atoms with Crippen molar-refractivity contribution in [2.45, 2.75) is 27.2 Å². The van der Waals surface area contributed by atoms with E-state index < -0.39 is 0 Å². The van der Waals surface area contributed by atoms with Crippen molar-refractivity contribution < 1.29 is 4.92 Å². The molecule has 5 heteroatoms. The zero-order valence-electron chi connectivity index (χ0n) is 12.0. The molecule has 0 bridgehead atoms. The minimum atomic E-state index is -0.334. The first-order valence-corrected chi connectivity index (χ1v) is 6.79. The van der Waals surface area contributed by atoms with Gasteiger partial charge < -0.3 is 10.2 Å². The molecule has 0 saturated heterocycles. The molecule has 0 aliphatic heterocycles. The molecule has 5 nitrogen and oxygen atoms in total. The van der Waals surface area contributed by atoms with Crippen molar-refractivity contribution in [1.29, 1.82) is 0 Å². The van der Waals surface area contributed by atoms with E-state index in [1.54, 1.807) is 12.1 Å². The molecule has 0 saturated carbocycles. The lowest BCUT2D eigenvalue weighted by Crippen LogP contribution is -2.25. The standard InChI is InChI=1S/C14H23N3O2/c1-4-16(5-2)10-6-9-15-13-8-7-12(3)11-14(13)17(18)19/h7-8,11,15H,4-6,9-10H2,1-3H3. The molecule has 0 atom stereocenters. The monoisotopic (exact) mass is 265 g/mol. The predicted molar refractivity (Wildman–Crippen MR) is 78.7 cm³/mol. The van der Waals surface area contributed by atoms with E-state index in [4.69, 9.17) is 0 Å². The Labute approximate surface area is 114 Å². The van der Waals surface area contributed by atoms with Crippen molar-refractivity contribution in [3.05, 3.63) is 33.9 Å². The fourth-order valence-corrected chi connectivity index (χ4v) is 2.01. The SMILES string of the molecule is CCN(CC)CCCNc1ccc(C)cc1[N+](=O)[O-]. The molecule has 0 heterocycles. The summed E-state index contributed by atoms with van der Waals surface area (Å²) in [6.45, 7) is 9.99.